The molecule has 1 aliphatic rings. The number of rotatable bonds is 5. The largest absolute Gasteiger partial charge is 0.481 e. The molecular weight excluding hydrogens is 268 g/mol. The molecule has 0 bridgehead atoms. The van der Waals surface area contributed by atoms with Crippen LogP contribution in [0.15, 0.2) is 17.4 Å². The maximum atomic E-state index is 11.4. The van der Waals surface area contributed by atoms with E-state index in [1.807, 2.05) is 0 Å². The van der Waals surface area contributed by atoms with Gasteiger partial charge in [0.25, 0.3) is 0 Å². The summed E-state index contributed by atoms with van der Waals surface area (Å²) in [4.78, 5) is 31.8. The summed E-state index contributed by atoms with van der Waals surface area (Å²) in [6.07, 6.45) is 3.52. The van der Waals surface area contributed by atoms with Crippen molar-refractivity contribution in [2.24, 2.45) is 0 Å². The Hall–Kier alpha value is -1.83. The molecule has 0 spiro atoms. The fraction of sp³-hybridized carbons (Fsp3) is 0.455. The molecule has 1 fully saturated rings. The number of hydrogen-bond acceptors (Lipinski definition) is 6. The predicted octanol–water partition coefficient (Wildman–Crippen LogP) is 0.296. The number of hydrogen-bond donors (Lipinski definition) is 2. The van der Waals surface area contributed by atoms with Gasteiger partial charge in [0.05, 0.1) is 24.2 Å². The third-order valence-corrected chi connectivity index (χ3v) is 3.53. The Kier molecular flexibility index (Phi) is 4.20. The van der Waals surface area contributed by atoms with Crippen molar-refractivity contribution in [2.75, 3.05) is 24.7 Å². The topological polar surface area (TPSA) is 95.4 Å². The Bertz CT molecular complexity index is 497. The number of amides is 1. The van der Waals surface area contributed by atoms with Gasteiger partial charge in [-0.25, -0.2) is 4.98 Å². The third-order valence-electron chi connectivity index (χ3n) is 2.65. The summed E-state index contributed by atoms with van der Waals surface area (Å²) in [6.45, 7) is 0.632. The number of carbonyl (C=O) groups excluding carboxylic acids is 1. The highest BCUT2D eigenvalue weighted by atomic mass is 32.2. The predicted molar refractivity (Wildman–Crippen MR) is 70.1 cm³/mol. The molecule has 1 aromatic heterocycles. The first-order valence-corrected chi connectivity index (χ1v) is 6.70. The van der Waals surface area contributed by atoms with Crippen LogP contribution in [0.4, 0.5) is 5.82 Å². The Labute approximate surface area is 114 Å². The zero-order valence-electron chi connectivity index (χ0n) is 10.4. The molecule has 0 aliphatic carbocycles. The van der Waals surface area contributed by atoms with Gasteiger partial charge in [0.2, 0.25) is 5.91 Å². The molecule has 2 heterocycles. The van der Waals surface area contributed by atoms with E-state index in [1.165, 1.54) is 6.20 Å². The highest BCUT2D eigenvalue weighted by molar-refractivity contribution is 7.99. The van der Waals surface area contributed by atoms with Crippen molar-refractivity contribution in [1.29, 1.82) is 0 Å². The van der Waals surface area contributed by atoms with Gasteiger partial charge in [0, 0.05) is 20.0 Å². The van der Waals surface area contributed by atoms with Crippen LogP contribution in [0.3, 0.4) is 0 Å². The van der Waals surface area contributed by atoms with Gasteiger partial charge in [-0.05, 0) is 0 Å². The Morgan fingerprint density at radius 1 is 1.63 bits per heavy atom. The monoisotopic (exact) mass is 282 g/mol. The van der Waals surface area contributed by atoms with Crippen LogP contribution in [0.1, 0.15) is 6.42 Å². The van der Waals surface area contributed by atoms with E-state index in [9.17, 15) is 9.59 Å². The lowest BCUT2D eigenvalue weighted by atomic mass is 10.2. The maximum absolute atomic E-state index is 11.4. The van der Waals surface area contributed by atoms with Crippen LogP contribution in [0.2, 0.25) is 0 Å². The standard InChI is InChI=1S/C11H14N4O3S/c1-15-5-7(2-10(15)16)13-8-3-12-4-9(14-8)19-6-11(17)18/h3-4,7H,2,5-6H2,1H3,(H,13,14)(H,17,18)/t7-/m0/s1. The zero-order chi connectivity index (χ0) is 13.8. The van der Waals surface area contributed by atoms with Crippen molar-refractivity contribution in [3.05, 3.63) is 12.4 Å². The SMILES string of the molecule is CN1C[C@@H](Nc2cncc(SCC(=O)O)n2)CC1=O. The number of thioether (sulfide) groups is 1. The summed E-state index contributed by atoms with van der Waals surface area (Å²) >= 11 is 1.11. The summed E-state index contributed by atoms with van der Waals surface area (Å²) in [6, 6.07) is 0.0199. The normalized spacial score (nSPS) is 18.7. The van der Waals surface area contributed by atoms with E-state index in [4.69, 9.17) is 5.11 Å². The first-order chi connectivity index (χ1) is 9.04. The van der Waals surface area contributed by atoms with Crippen molar-refractivity contribution in [2.45, 2.75) is 17.5 Å². The molecule has 7 nitrogen and oxygen atoms in total. The van der Waals surface area contributed by atoms with E-state index < -0.39 is 5.97 Å². The van der Waals surface area contributed by atoms with Gasteiger partial charge in [-0.3, -0.25) is 14.6 Å². The number of carboxylic acids is 1. The zero-order valence-corrected chi connectivity index (χ0v) is 11.2. The summed E-state index contributed by atoms with van der Waals surface area (Å²) in [5.41, 5.74) is 0. The van der Waals surface area contributed by atoms with Crippen LogP contribution in [0, 0.1) is 0 Å². The number of carboxylic acid groups (broad SMARTS) is 1. The number of likely N-dealkylation sites (N-methyl/N-ethyl adjacent to an activating group) is 1. The van der Waals surface area contributed by atoms with Crippen molar-refractivity contribution in [1.82, 2.24) is 14.9 Å². The minimum absolute atomic E-state index is 0.0199. The van der Waals surface area contributed by atoms with Crippen LogP contribution in [-0.4, -0.2) is 57.2 Å². The molecule has 1 amide bonds. The highest BCUT2D eigenvalue weighted by Gasteiger charge is 2.26. The Balaban J connectivity index is 1.95. The molecule has 19 heavy (non-hydrogen) atoms. The van der Waals surface area contributed by atoms with Crippen LogP contribution in [-0.2, 0) is 9.59 Å². The maximum Gasteiger partial charge on any atom is 0.313 e. The van der Waals surface area contributed by atoms with E-state index >= 15 is 0 Å². The molecule has 0 radical (unpaired) electrons. The Morgan fingerprint density at radius 3 is 3.05 bits per heavy atom. The van der Waals surface area contributed by atoms with Gasteiger partial charge >= 0.3 is 5.97 Å². The molecule has 1 atom stereocenters. The fourth-order valence-electron chi connectivity index (χ4n) is 1.79. The van der Waals surface area contributed by atoms with Crippen LogP contribution < -0.4 is 5.32 Å². The summed E-state index contributed by atoms with van der Waals surface area (Å²) < 4.78 is 0. The summed E-state index contributed by atoms with van der Waals surface area (Å²) in [5.74, 6) is -0.290. The number of nitrogens with one attached hydrogen (secondary N) is 1. The second kappa shape index (κ2) is 5.87. The van der Waals surface area contributed by atoms with Crippen LogP contribution in [0.25, 0.3) is 0 Å². The van der Waals surface area contributed by atoms with Crippen molar-refractivity contribution < 1.29 is 14.7 Å². The van der Waals surface area contributed by atoms with E-state index in [2.05, 4.69) is 15.3 Å². The molecule has 0 unspecified atom stereocenters. The molecule has 8 heteroatoms. The lowest BCUT2D eigenvalue weighted by molar-refractivity contribution is -0.134. The van der Waals surface area contributed by atoms with E-state index in [0.717, 1.165) is 11.8 Å². The van der Waals surface area contributed by atoms with Gasteiger partial charge in [-0.1, -0.05) is 11.8 Å². The number of aromatic nitrogens is 2. The smallest absolute Gasteiger partial charge is 0.313 e. The van der Waals surface area contributed by atoms with Crippen molar-refractivity contribution in [3.8, 4) is 0 Å². The number of nitrogens with zero attached hydrogens (tertiary/aromatic N) is 3. The molecule has 1 saturated heterocycles. The third kappa shape index (κ3) is 3.82. The Morgan fingerprint density at radius 2 is 2.42 bits per heavy atom. The molecule has 1 aromatic rings. The lowest BCUT2D eigenvalue weighted by Crippen LogP contribution is -2.24. The fourth-order valence-corrected chi connectivity index (χ4v) is 2.36. The first-order valence-electron chi connectivity index (χ1n) is 5.71. The van der Waals surface area contributed by atoms with Gasteiger partial charge in [0.1, 0.15) is 10.8 Å². The second-order valence-electron chi connectivity index (χ2n) is 4.24. The molecule has 0 aromatic carbocycles. The highest BCUT2D eigenvalue weighted by Crippen LogP contribution is 2.18. The van der Waals surface area contributed by atoms with Gasteiger partial charge in [-0.15, -0.1) is 0 Å². The number of likely N-dealkylation sites (tertiary alicyclic amines) is 1. The summed E-state index contributed by atoms with van der Waals surface area (Å²) in [5, 5.41) is 12.3. The second-order valence-corrected chi connectivity index (χ2v) is 5.24. The molecule has 0 saturated carbocycles. The van der Waals surface area contributed by atoms with E-state index in [-0.39, 0.29) is 17.7 Å². The van der Waals surface area contributed by atoms with E-state index in [1.54, 1.807) is 18.1 Å². The van der Waals surface area contributed by atoms with Crippen LogP contribution >= 0.6 is 11.8 Å². The minimum atomic E-state index is -0.895. The number of anilines is 1. The number of carbonyl (C=O) groups is 2. The molecule has 2 rings (SSSR count). The average Bonchev–Trinajstić information content (AvgIpc) is 2.66. The van der Waals surface area contributed by atoms with Gasteiger partial charge < -0.3 is 15.3 Å². The first kappa shape index (κ1) is 13.6. The molecular formula is C11H14N4O3S. The van der Waals surface area contributed by atoms with Crippen molar-refractivity contribution in [3.63, 3.8) is 0 Å². The average molecular weight is 282 g/mol. The quantitative estimate of drug-likeness (QED) is 0.750. The van der Waals surface area contributed by atoms with E-state index in [0.29, 0.717) is 23.8 Å². The van der Waals surface area contributed by atoms with Crippen LogP contribution in [0.5, 0.6) is 0 Å². The minimum Gasteiger partial charge on any atom is -0.481 e. The number of aliphatic carboxylic acids is 1. The van der Waals surface area contributed by atoms with Gasteiger partial charge in [-0.2, -0.15) is 0 Å². The molecule has 1 aliphatic heterocycles. The lowest BCUT2D eigenvalue weighted by Gasteiger charge is -2.12. The molecule has 102 valence electrons. The molecule has 2 N–H and O–H groups in total. The van der Waals surface area contributed by atoms with Crippen molar-refractivity contribution >= 4 is 29.5 Å². The summed E-state index contributed by atoms with van der Waals surface area (Å²) in [7, 11) is 1.76. The van der Waals surface area contributed by atoms with Gasteiger partial charge in [0.15, 0.2) is 0 Å².